The molecule has 25 heavy (non-hydrogen) atoms. The van der Waals surface area contributed by atoms with Crippen molar-refractivity contribution in [3.05, 3.63) is 44.8 Å². The summed E-state index contributed by atoms with van der Waals surface area (Å²) in [4.78, 5) is 33.2. The van der Waals surface area contributed by atoms with Gasteiger partial charge in [-0.25, -0.2) is 0 Å². The van der Waals surface area contributed by atoms with E-state index in [1.54, 1.807) is 6.92 Å². The van der Waals surface area contributed by atoms with Crippen molar-refractivity contribution in [1.82, 2.24) is 0 Å². The second kappa shape index (κ2) is 8.43. The Morgan fingerprint density at radius 1 is 0.920 bits per heavy atom. The molecular weight excluding hydrogens is 387 g/mol. The third-order valence-electron chi connectivity index (χ3n) is 2.69. The van der Waals surface area contributed by atoms with Crippen LogP contribution in [0.5, 0.6) is 0 Å². The molecule has 2 aromatic rings. The lowest BCUT2D eigenvalue weighted by Gasteiger charge is -2.17. The van der Waals surface area contributed by atoms with Crippen molar-refractivity contribution in [2.75, 3.05) is 0 Å². The van der Waals surface area contributed by atoms with Crippen molar-refractivity contribution >= 4 is 40.0 Å². The molecule has 2 heterocycles. The van der Waals surface area contributed by atoms with Crippen LogP contribution in [0, 0.1) is 0 Å². The van der Waals surface area contributed by atoms with Crippen molar-refractivity contribution in [2.45, 2.75) is 25.4 Å². The van der Waals surface area contributed by atoms with Crippen LogP contribution in [0.15, 0.2) is 35.0 Å². The van der Waals surface area contributed by atoms with E-state index in [1.165, 1.54) is 28.8 Å². The number of rotatable bonds is 5. The molecule has 0 N–H and O–H groups in total. The van der Waals surface area contributed by atoms with Gasteiger partial charge in [0.25, 0.3) is 0 Å². The highest BCUT2D eigenvalue weighted by molar-refractivity contribution is 7.12. The van der Waals surface area contributed by atoms with Gasteiger partial charge in [-0.1, -0.05) is 12.1 Å². The van der Waals surface area contributed by atoms with Gasteiger partial charge in [-0.05, 0) is 29.8 Å². The summed E-state index contributed by atoms with van der Waals surface area (Å²) in [5, 5.41) is 3.34. The lowest BCUT2D eigenvalue weighted by Crippen LogP contribution is -2.44. The van der Waals surface area contributed by atoms with E-state index in [0.29, 0.717) is 0 Å². The highest BCUT2D eigenvalue weighted by Gasteiger charge is 2.62. The number of alkyl halides is 5. The van der Waals surface area contributed by atoms with Crippen molar-refractivity contribution in [2.24, 2.45) is 0 Å². The normalized spacial score (nSPS) is 11.4. The number of hydrogen-bond donors (Lipinski definition) is 0. The number of Topliss-reactive ketones (excluding diaryl/α,β-unsaturated/α-hetero) is 3. The highest BCUT2D eigenvalue weighted by Crippen LogP contribution is 2.37. The minimum Gasteiger partial charge on any atom is -0.294 e. The van der Waals surface area contributed by atoms with E-state index in [0.717, 1.165) is 16.2 Å². The Balaban J connectivity index is 0.000000324. The minimum absolute atomic E-state index is 0.0312. The van der Waals surface area contributed by atoms with Crippen molar-refractivity contribution in [1.29, 1.82) is 0 Å². The van der Waals surface area contributed by atoms with Crippen LogP contribution in [0.3, 0.4) is 0 Å². The molecule has 2 rings (SSSR count). The van der Waals surface area contributed by atoms with Crippen molar-refractivity contribution in [3.63, 3.8) is 0 Å². The van der Waals surface area contributed by atoms with Crippen LogP contribution in [0.4, 0.5) is 22.0 Å². The minimum atomic E-state index is -5.97. The first-order chi connectivity index (χ1) is 11.5. The number of thiophene rings is 2. The second-order valence-corrected chi connectivity index (χ2v) is 6.50. The first kappa shape index (κ1) is 21.1. The zero-order valence-electron chi connectivity index (χ0n) is 12.6. The highest BCUT2D eigenvalue weighted by atomic mass is 32.1. The second-order valence-electron chi connectivity index (χ2n) is 4.61. The molecule has 0 radical (unpaired) electrons. The summed E-state index contributed by atoms with van der Waals surface area (Å²) in [6.45, 7) is 1.58. The van der Waals surface area contributed by atoms with Crippen LogP contribution in [-0.2, 0) is 4.79 Å². The van der Waals surface area contributed by atoms with Gasteiger partial charge in [0.15, 0.2) is 11.6 Å². The molecule has 0 atom stereocenters. The molecular formula is C15H11F5O3S2. The van der Waals surface area contributed by atoms with Gasteiger partial charge in [-0.3, -0.25) is 14.4 Å². The molecule has 0 fully saturated rings. The summed E-state index contributed by atoms with van der Waals surface area (Å²) >= 11 is 2.34. The van der Waals surface area contributed by atoms with Gasteiger partial charge < -0.3 is 0 Å². The van der Waals surface area contributed by atoms with Gasteiger partial charge in [0.2, 0.25) is 5.78 Å². The molecule has 0 saturated heterocycles. The number of ketones is 3. The van der Waals surface area contributed by atoms with Gasteiger partial charge >= 0.3 is 12.1 Å². The molecule has 0 aliphatic carbocycles. The first-order valence-electron chi connectivity index (χ1n) is 6.55. The van der Waals surface area contributed by atoms with Gasteiger partial charge in [0.1, 0.15) is 0 Å². The maximum absolute atomic E-state index is 12.5. The Hall–Kier alpha value is -1.94. The lowest BCUT2D eigenvalue weighted by atomic mass is 10.1. The molecule has 0 saturated carbocycles. The number of hydrogen-bond acceptors (Lipinski definition) is 5. The fraction of sp³-hybridized carbons (Fsp3) is 0.267. The summed E-state index contributed by atoms with van der Waals surface area (Å²) in [5.41, 5.74) is 0. The fourth-order valence-electron chi connectivity index (χ4n) is 1.42. The summed E-state index contributed by atoms with van der Waals surface area (Å²) in [5.74, 6) is -8.82. The van der Waals surface area contributed by atoms with Crippen LogP contribution >= 0.6 is 22.7 Å². The molecule has 2 aromatic heterocycles. The molecule has 0 spiro atoms. The topological polar surface area (TPSA) is 51.2 Å². The maximum Gasteiger partial charge on any atom is 0.461 e. The van der Waals surface area contributed by atoms with Crippen LogP contribution < -0.4 is 0 Å². The molecule has 0 amide bonds. The molecule has 0 aromatic carbocycles. The van der Waals surface area contributed by atoms with E-state index in [1.807, 2.05) is 17.5 Å². The Morgan fingerprint density at radius 2 is 1.40 bits per heavy atom. The van der Waals surface area contributed by atoms with E-state index in [2.05, 4.69) is 0 Å². The predicted molar refractivity (Wildman–Crippen MR) is 83.6 cm³/mol. The Bertz CT molecular complexity index is 719. The largest absolute Gasteiger partial charge is 0.461 e. The SMILES string of the molecule is CC(=O)c1cccs1.O=C(CC(=O)C(F)(F)C(F)(F)F)c1cccs1. The van der Waals surface area contributed by atoms with Gasteiger partial charge in [0.05, 0.1) is 16.2 Å². The Kier molecular flexibility index (Phi) is 7.12. The third-order valence-corrected chi connectivity index (χ3v) is 4.57. The van der Waals surface area contributed by atoms with Crippen LogP contribution in [-0.4, -0.2) is 29.4 Å². The molecule has 0 bridgehead atoms. The van der Waals surface area contributed by atoms with Gasteiger partial charge in [-0.2, -0.15) is 22.0 Å². The number of carbonyl (C=O) groups excluding carboxylic acids is 3. The smallest absolute Gasteiger partial charge is 0.294 e. The molecule has 136 valence electrons. The lowest BCUT2D eigenvalue weighted by molar-refractivity contribution is -0.268. The van der Waals surface area contributed by atoms with Crippen LogP contribution in [0.25, 0.3) is 0 Å². The Labute approximate surface area is 147 Å². The van der Waals surface area contributed by atoms with Crippen LogP contribution in [0.1, 0.15) is 32.7 Å². The molecule has 0 aliphatic heterocycles. The monoisotopic (exact) mass is 398 g/mol. The summed E-state index contributed by atoms with van der Waals surface area (Å²) < 4.78 is 60.4. The zero-order valence-corrected chi connectivity index (χ0v) is 14.2. The quantitative estimate of drug-likeness (QED) is 0.403. The van der Waals surface area contributed by atoms with Crippen LogP contribution in [0.2, 0.25) is 0 Å². The third kappa shape index (κ3) is 5.82. The summed E-state index contributed by atoms with van der Waals surface area (Å²) in [6.07, 6.45) is -7.44. The van der Waals surface area contributed by atoms with Gasteiger partial charge in [-0.15, -0.1) is 22.7 Å². The molecule has 0 aliphatic rings. The van der Waals surface area contributed by atoms with E-state index in [9.17, 15) is 36.3 Å². The summed E-state index contributed by atoms with van der Waals surface area (Å²) in [6, 6.07) is 6.37. The standard InChI is InChI=1S/C9H5F5O2S.C6H6OS/c10-8(11,9(12,13)14)7(16)4-5(15)6-2-1-3-17-6;1-5(7)6-3-2-4-8-6/h1-3H,4H2;2-4H,1H3. The van der Waals surface area contributed by atoms with E-state index in [-0.39, 0.29) is 10.7 Å². The average molecular weight is 398 g/mol. The van der Waals surface area contributed by atoms with Crippen molar-refractivity contribution < 1.29 is 36.3 Å². The first-order valence-corrected chi connectivity index (χ1v) is 8.31. The maximum atomic E-state index is 12.5. The Morgan fingerprint density at radius 3 is 1.72 bits per heavy atom. The van der Waals surface area contributed by atoms with Crippen molar-refractivity contribution in [3.8, 4) is 0 Å². The molecule has 3 nitrogen and oxygen atoms in total. The number of halogens is 5. The van der Waals surface area contributed by atoms with E-state index >= 15 is 0 Å². The molecule has 10 heteroatoms. The van der Waals surface area contributed by atoms with E-state index in [4.69, 9.17) is 0 Å². The van der Waals surface area contributed by atoms with Gasteiger partial charge in [0, 0.05) is 0 Å². The average Bonchev–Trinajstić information content (AvgIpc) is 3.20. The van der Waals surface area contributed by atoms with E-state index < -0.39 is 30.1 Å². The predicted octanol–water partition coefficient (Wildman–Crippen LogP) is 5.04. The molecule has 0 unspecified atom stereocenters. The summed E-state index contributed by atoms with van der Waals surface area (Å²) in [7, 11) is 0. The fourth-order valence-corrected chi connectivity index (χ4v) is 2.71. The number of carbonyl (C=O) groups is 3. The zero-order chi connectivity index (χ0) is 19.3.